The number of benzene rings is 1. The maximum Gasteiger partial charge on any atom is 0.242 e. The topological polar surface area (TPSA) is 72.5 Å². The van der Waals surface area contributed by atoms with Gasteiger partial charge in [0.15, 0.2) is 9.84 Å². The van der Waals surface area contributed by atoms with E-state index in [1.165, 1.54) is 14.0 Å². The number of carbonyl (C=O) groups is 1. The van der Waals surface area contributed by atoms with Crippen LogP contribution in [0.4, 0.5) is 5.69 Å². The number of carbonyl (C=O) groups excluding carboxylic acids is 1. The Morgan fingerprint density at radius 2 is 2.11 bits per heavy atom. The molecular formula is C13H19NO4S. The fraction of sp³-hybridized carbons (Fsp3) is 0.462. The number of sulfone groups is 1. The number of ether oxygens (including phenoxy) is 1. The van der Waals surface area contributed by atoms with Crippen molar-refractivity contribution in [2.75, 3.05) is 24.8 Å². The van der Waals surface area contributed by atoms with E-state index in [2.05, 4.69) is 5.32 Å². The highest BCUT2D eigenvalue weighted by Gasteiger charge is 2.27. The monoisotopic (exact) mass is 285 g/mol. The van der Waals surface area contributed by atoms with Crippen molar-refractivity contribution in [3.63, 3.8) is 0 Å². The van der Waals surface area contributed by atoms with Gasteiger partial charge in [-0.25, -0.2) is 8.42 Å². The van der Waals surface area contributed by atoms with Crippen LogP contribution in [0.3, 0.4) is 0 Å². The highest BCUT2D eigenvalue weighted by atomic mass is 32.2. The summed E-state index contributed by atoms with van der Waals surface area (Å²) in [4.78, 5) is 11.9. The summed E-state index contributed by atoms with van der Waals surface area (Å²) < 4.78 is 28.4. The Morgan fingerprint density at radius 1 is 1.42 bits per heavy atom. The fourth-order valence-electron chi connectivity index (χ4n) is 1.51. The molecule has 0 fully saturated rings. The van der Waals surface area contributed by atoms with Crippen molar-refractivity contribution >= 4 is 21.4 Å². The van der Waals surface area contributed by atoms with Crippen LogP contribution in [0.25, 0.3) is 0 Å². The first kappa shape index (κ1) is 15.7. The highest BCUT2D eigenvalue weighted by Crippen LogP contribution is 2.12. The third kappa shape index (κ3) is 4.65. The van der Waals surface area contributed by atoms with Crippen LogP contribution in [0.15, 0.2) is 24.3 Å². The maximum atomic E-state index is 11.9. The van der Waals surface area contributed by atoms with E-state index >= 15 is 0 Å². The first-order chi connectivity index (χ1) is 8.86. The minimum Gasteiger partial charge on any atom is -0.384 e. The Labute approximate surface area is 113 Å². The number of aryl methyl sites for hydroxylation is 1. The third-order valence-corrected chi connectivity index (χ3v) is 4.79. The molecule has 1 aromatic carbocycles. The van der Waals surface area contributed by atoms with E-state index in [9.17, 15) is 13.2 Å². The molecule has 5 nitrogen and oxygen atoms in total. The normalized spacial score (nSPS) is 13.0. The number of amides is 1. The van der Waals surface area contributed by atoms with E-state index in [1.54, 1.807) is 18.2 Å². The highest BCUT2D eigenvalue weighted by molar-refractivity contribution is 7.92. The average molecular weight is 285 g/mol. The molecule has 0 saturated carbocycles. The summed E-state index contributed by atoms with van der Waals surface area (Å²) >= 11 is 0. The standard InChI is InChI=1S/C13H19NO4S/c1-10-5-4-6-12(9-10)14-13(15)11(2)19(16,17)8-7-18-3/h4-6,9,11H,7-8H2,1-3H3,(H,14,15)/t11-/m0/s1. The van der Waals surface area contributed by atoms with Crippen LogP contribution in [0.1, 0.15) is 12.5 Å². The molecule has 6 heteroatoms. The lowest BCUT2D eigenvalue weighted by molar-refractivity contribution is -0.115. The van der Waals surface area contributed by atoms with Crippen LogP contribution < -0.4 is 5.32 Å². The molecule has 0 unspecified atom stereocenters. The Hall–Kier alpha value is -1.40. The van der Waals surface area contributed by atoms with Gasteiger partial charge in [-0.2, -0.15) is 0 Å². The maximum absolute atomic E-state index is 11.9. The lowest BCUT2D eigenvalue weighted by Gasteiger charge is -2.13. The van der Waals surface area contributed by atoms with Gasteiger partial charge in [-0.3, -0.25) is 4.79 Å². The molecule has 0 aromatic heterocycles. The predicted octanol–water partition coefficient (Wildman–Crippen LogP) is 1.38. The number of nitrogens with one attached hydrogen (secondary N) is 1. The van der Waals surface area contributed by atoms with Crippen molar-refractivity contribution in [2.24, 2.45) is 0 Å². The van der Waals surface area contributed by atoms with Crippen molar-refractivity contribution in [3.8, 4) is 0 Å². The molecule has 0 aliphatic carbocycles. The molecule has 0 radical (unpaired) electrons. The van der Waals surface area contributed by atoms with Crippen molar-refractivity contribution in [3.05, 3.63) is 29.8 Å². The molecule has 1 atom stereocenters. The van der Waals surface area contributed by atoms with Gasteiger partial charge in [0.05, 0.1) is 12.4 Å². The van der Waals surface area contributed by atoms with Gasteiger partial charge in [-0.15, -0.1) is 0 Å². The van der Waals surface area contributed by atoms with E-state index < -0.39 is 21.0 Å². The van der Waals surface area contributed by atoms with Crippen LogP contribution in [-0.2, 0) is 19.4 Å². The van der Waals surface area contributed by atoms with Crippen molar-refractivity contribution < 1.29 is 17.9 Å². The zero-order chi connectivity index (χ0) is 14.5. The zero-order valence-corrected chi connectivity index (χ0v) is 12.2. The molecule has 0 heterocycles. The van der Waals surface area contributed by atoms with E-state index in [0.29, 0.717) is 5.69 Å². The molecule has 1 N–H and O–H groups in total. The second-order valence-corrected chi connectivity index (χ2v) is 6.80. The first-order valence-electron chi connectivity index (χ1n) is 5.95. The van der Waals surface area contributed by atoms with Gasteiger partial charge in [0.1, 0.15) is 5.25 Å². The minimum atomic E-state index is -3.49. The Kier molecular flexibility index (Phi) is 5.50. The van der Waals surface area contributed by atoms with E-state index in [-0.39, 0.29) is 12.4 Å². The van der Waals surface area contributed by atoms with Crippen molar-refractivity contribution in [1.29, 1.82) is 0 Å². The molecular weight excluding hydrogens is 266 g/mol. The number of methoxy groups -OCH3 is 1. The smallest absolute Gasteiger partial charge is 0.242 e. The summed E-state index contributed by atoms with van der Waals surface area (Å²) in [6.07, 6.45) is 0. The van der Waals surface area contributed by atoms with E-state index in [4.69, 9.17) is 4.74 Å². The summed E-state index contributed by atoms with van der Waals surface area (Å²) in [5, 5.41) is 1.51. The third-order valence-electron chi connectivity index (χ3n) is 2.77. The van der Waals surface area contributed by atoms with E-state index in [0.717, 1.165) is 5.56 Å². The molecule has 1 rings (SSSR count). The summed E-state index contributed by atoms with van der Waals surface area (Å²) in [6, 6.07) is 7.20. The second kappa shape index (κ2) is 6.68. The summed E-state index contributed by atoms with van der Waals surface area (Å²) in [5.74, 6) is -0.687. The van der Waals surface area contributed by atoms with Gasteiger partial charge in [-0.05, 0) is 31.5 Å². The van der Waals surface area contributed by atoms with Crippen molar-refractivity contribution in [2.45, 2.75) is 19.1 Å². The summed E-state index contributed by atoms with van der Waals surface area (Å²) in [5.41, 5.74) is 1.59. The molecule has 1 amide bonds. The van der Waals surface area contributed by atoms with Crippen LogP contribution in [0.5, 0.6) is 0 Å². The molecule has 19 heavy (non-hydrogen) atoms. The van der Waals surface area contributed by atoms with Crippen molar-refractivity contribution in [1.82, 2.24) is 0 Å². The quantitative estimate of drug-likeness (QED) is 0.857. The zero-order valence-electron chi connectivity index (χ0n) is 11.3. The molecule has 106 valence electrons. The summed E-state index contributed by atoms with van der Waals surface area (Å²) in [7, 11) is -2.07. The molecule has 1 aromatic rings. The Morgan fingerprint density at radius 3 is 2.68 bits per heavy atom. The SMILES string of the molecule is COCCS(=O)(=O)[C@@H](C)C(=O)Nc1cccc(C)c1. The van der Waals surface area contributed by atoms with Gasteiger partial charge in [0.2, 0.25) is 5.91 Å². The summed E-state index contributed by atoms with van der Waals surface area (Å²) in [6.45, 7) is 3.37. The lowest BCUT2D eigenvalue weighted by Crippen LogP contribution is -2.35. The lowest BCUT2D eigenvalue weighted by atomic mass is 10.2. The van der Waals surface area contributed by atoms with Crippen LogP contribution in [0.2, 0.25) is 0 Å². The Bertz CT molecular complexity index is 539. The predicted molar refractivity (Wildman–Crippen MR) is 74.9 cm³/mol. The molecule has 0 spiro atoms. The van der Waals surface area contributed by atoms with Gasteiger partial charge in [-0.1, -0.05) is 12.1 Å². The molecule has 0 aliphatic rings. The number of anilines is 1. The average Bonchev–Trinajstić information content (AvgIpc) is 2.35. The van der Waals surface area contributed by atoms with Gasteiger partial charge in [0, 0.05) is 12.8 Å². The number of rotatable bonds is 6. The van der Waals surface area contributed by atoms with Gasteiger partial charge < -0.3 is 10.1 Å². The van der Waals surface area contributed by atoms with Crippen LogP contribution in [0, 0.1) is 6.92 Å². The number of hydrogen-bond donors (Lipinski definition) is 1. The molecule has 0 bridgehead atoms. The van der Waals surface area contributed by atoms with E-state index in [1.807, 2.05) is 13.0 Å². The van der Waals surface area contributed by atoms with Crippen LogP contribution >= 0.6 is 0 Å². The Balaban J connectivity index is 2.72. The fourth-order valence-corrected chi connectivity index (χ4v) is 2.64. The van der Waals surface area contributed by atoms with Crippen LogP contribution in [-0.4, -0.2) is 39.0 Å². The van der Waals surface area contributed by atoms with Gasteiger partial charge >= 0.3 is 0 Å². The first-order valence-corrected chi connectivity index (χ1v) is 7.66. The number of hydrogen-bond acceptors (Lipinski definition) is 4. The largest absolute Gasteiger partial charge is 0.384 e. The molecule has 0 saturated heterocycles. The second-order valence-electron chi connectivity index (χ2n) is 4.36. The van der Waals surface area contributed by atoms with Gasteiger partial charge in [0.25, 0.3) is 0 Å². The minimum absolute atomic E-state index is 0.0877. The molecule has 0 aliphatic heterocycles.